The van der Waals surface area contributed by atoms with Crippen LogP contribution in [0.25, 0.3) is 5.76 Å². The zero-order valence-electron chi connectivity index (χ0n) is 8.23. The highest BCUT2D eigenvalue weighted by Gasteiger charge is 2.19. The molecule has 1 aliphatic heterocycles. The minimum Gasteiger partial charge on any atom is -0.507 e. The van der Waals surface area contributed by atoms with Crippen molar-refractivity contribution in [1.29, 1.82) is 0 Å². The molecule has 2 N–H and O–H groups in total. The van der Waals surface area contributed by atoms with Crippen molar-refractivity contribution in [2.45, 2.75) is 12.8 Å². The molecule has 0 atom stereocenters. The third kappa shape index (κ3) is 1.98. The summed E-state index contributed by atoms with van der Waals surface area (Å²) in [5, 5.41) is 12.6. The maximum atomic E-state index is 11.5. The Morgan fingerprint density at radius 2 is 2.40 bits per heavy atom. The number of aliphatic hydroxyl groups is 1. The van der Waals surface area contributed by atoms with E-state index in [1.807, 2.05) is 0 Å². The smallest absolute Gasteiger partial charge is 0.250 e. The van der Waals surface area contributed by atoms with Crippen LogP contribution in [0.15, 0.2) is 30.1 Å². The summed E-state index contributed by atoms with van der Waals surface area (Å²) in [4.78, 5) is 15.4. The second kappa shape index (κ2) is 4.13. The topological polar surface area (TPSA) is 62.2 Å². The average molecular weight is 204 g/mol. The van der Waals surface area contributed by atoms with Crippen LogP contribution >= 0.6 is 0 Å². The molecule has 0 aromatic carbocycles. The van der Waals surface area contributed by atoms with Crippen LogP contribution in [0.4, 0.5) is 0 Å². The van der Waals surface area contributed by atoms with E-state index in [1.165, 1.54) is 0 Å². The SMILES string of the molecule is O=C1NCCC/C1=C(\O)c1cccnc1. The van der Waals surface area contributed by atoms with Gasteiger partial charge < -0.3 is 10.4 Å². The second-order valence-electron chi connectivity index (χ2n) is 3.43. The first-order valence-corrected chi connectivity index (χ1v) is 4.90. The van der Waals surface area contributed by atoms with E-state index >= 15 is 0 Å². The number of carbonyl (C=O) groups excluding carboxylic acids is 1. The van der Waals surface area contributed by atoms with E-state index in [4.69, 9.17) is 0 Å². The molecule has 1 fully saturated rings. The molecule has 4 nitrogen and oxygen atoms in total. The molecule has 0 bridgehead atoms. The number of rotatable bonds is 1. The van der Waals surface area contributed by atoms with E-state index in [-0.39, 0.29) is 11.7 Å². The first kappa shape index (κ1) is 9.71. The number of pyridine rings is 1. The van der Waals surface area contributed by atoms with E-state index in [1.54, 1.807) is 24.5 Å². The van der Waals surface area contributed by atoms with E-state index in [0.717, 1.165) is 6.42 Å². The number of amides is 1. The van der Waals surface area contributed by atoms with Crippen molar-refractivity contribution in [3.63, 3.8) is 0 Å². The fourth-order valence-electron chi connectivity index (χ4n) is 1.59. The average Bonchev–Trinajstić information content (AvgIpc) is 2.30. The van der Waals surface area contributed by atoms with Crippen molar-refractivity contribution >= 4 is 11.7 Å². The lowest BCUT2D eigenvalue weighted by atomic mass is 10.0. The number of aliphatic hydroxyl groups excluding tert-OH is 1. The van der Waals surface area contributed by atoms with Crippen LogP contribution in [0.2, 0.25) is 0 Å². The van der Waals surface area contributed by atoms with Crippen LogP contribution < -0.4 is 5.32 Å². The van der Waals surface area contributed by atoms with Crippen LogP contribution in [0.3, 0.4) is 0 Å². The Kier molecular flexibility index (Phi) is 2.67. The van der Waals surface area contributed by atoms with Crippen molar-refractivity contribution in [3.05, 3.63) is 35.7 Å². The van der Waals surface area contributed by atoms with Crippen molar-refractivity contribution in [2.75, 3.05) is 6.54 Å². The molecule has 0 aliphatic carbocycles. The van der Waals surface area contributed by atoms with Gasteiger partial charge in [-0.05, 0) is 25.0 Å². The molecule has 1 saturated heterocycles. The second-order valence-corrected chi connectivity index (χ2v) is 3.43. The predicted octanol–water partition coefficient (Wildman–Crippen LogP) is 1.26. The first-order valence-electron chi connectivity index (χ1n) is 4.90. The largest absolute Gasteiger partial charge is 0.507 e. The van der Waals surface area contributed by atoms with Gasteiger partial charge in [0.15, 0.2) is 0 Å². The highest BCUT2D eigenvalue weighted by Crippen LogP contribution is 2.20. The highest BCUT2D eigenvalue weighted by atomic mass is 16.3. The highest BCUT2D eigenvalue weighted by molar-refractivity contribution is 6.00. The van der Waals surface area contributed by atoms with Gasteiger partial charge in [0, 0.05) is 24.5 Å². The summed E-state index contributed by atoms with van der Waals surface area (Å²) < 4.78 is 0. The maximum absolute atomic E-state index is 11.5. The number of hydrogen-bond acceptors (Lipinski definition) is 3. The molecule has 0 saturated carbocycles. The maximum Gasteiger partial charge on any atom is 0.250 e. The zero-order chi connectivity index (χ0) is 10.7. The Morgan fingerprint density at radius 1 is 1.53 bits per heavy atom. The van der Waals surface area contributed by atoms with Crippen LogP contribution in [0.1, 0.15) is 18.4 Å². The van der Waals surface area contributed by atoms with Gasteiger partial charge >= 0.3 is 0 Å². The van der Waals surface area contributed by atoms with Gasteiger partial charge in [0.2, 0.25) is 0 Å². The molecule has 0 unspecified atom stereocenters. The van der Waals surface area contributed by atoms with Crippen LogP contribution in [-0.4, -0.2) is 22.5 Å². The molecule has 1 amide bonds. The number of piperidine rings is 1. The predicted molar refractivity (Wildman–Crippen MR) is 56.0 cm³/mol. The van der Waals surface area contributed by atoms with Crippen LogP contribution in [-0.2, 0) is 4.79 Å². The van der Waals surface area contributed by atoms with Gasteiger partial charge in [-0.3, -0.25) is 9.78 Å². The quantitative estimate of drug-likeness (QED) is 0.534. The molecular weight excluding hydrogens is 192 g/mol. The Labute approximate surface area is 87.7 Å². The van der Waals surface area contributed by atoms with E-state index in [0.29, 0.717) is 24.1 Å². The van der Waals surface area contributed by atoms with Crippen LogP contribution in [0.5, 0.6) is 0 Å². The van der Waals surface area contributed by atoms with Crippen LogP contribution in [0, 0.1) is 0 Å². The summed E-state index contributed by atoms with van der Waals surface area (Å²) in [5.74, 6) is -0.136. The normalized spacial score (nSPS) is 19.6. The molecule has 1 aromatic rings. The fourth-order valence-corrected chi connectivity index (χ4v) is 1.59. The fraction of sp³-hybridized carbons (Fsp3) is 0.273. The van der Waals surface area contributed by atoms with E-state index in [9.17, 15) is 9.90 Å². The molecule has 1 aliphatic rings. The summed E-state index contributed by atoms with van der Waals surface area (Å²) in [6.07, 6.45) is 4.66. The number of nitrogens with zero attached hydrogens (tertiary/aromatic N) is 1. The summed E-state index contributed by atoms with van der Waals surface area (Å²) >= 11 is 0. The summed E-state index contributed by atoms with van der Waals surface area (Å²) in [6.45, 7) is 0.683. The zero-order valence-corrected chi connectivity index (χ0v) is 8.23. The Hall–Kier alpha value is -1.84. The van der Waals surface area contributed by atoms with Gasteiger partial charge in [0.25, 0.3) is 5.91 Å². The molecule has 15 heavy (non-hydrogen) atoms. The van der Waals surface area contributed by atoms with Crippen molar-refractivity contribution in [2.24, 2.45) is 0 Å². The number of hydrogen-bond donors (Lipinski definition) is 2. The van der Waals surface area contributed by atoms with Gasteiger partial charge in [0.1, 0.15) is 5.76 Å². The lowest BCUT2D eigenvalue weighted by Crippen LogP contribution is -2.31. The summed E-state index contributed by atoms with van der Waals surface area (Å²) in [7, 11) is 0. The number of carbonyl (C=O) groups is 1. The molecule has 2 rings (SSSR count). The van der Waals surface area contributed by atoms with Gasteiger partial charge in [-0.1, -0.05) is 0 Å². The summed E-state index contributed by atoms with van der Waals surface area (Å²) in [6, 6.07) is 3.46. The number of aromatic nitrogens is 1. The van der Waals surface area contributed by atoms with Gasteiger partial charge in [0.05, 0.1) is 5.57 Å². The lowest BCUT2D eigenvalue weighted by Gasteiger charge is -2.16. The minimum atomic E-state index is -0.178. The monoisotopic (exact) mass is 204 g/mol. The first-order chi connectivity index (χ1) is 7.29. The van der Waals surface area contributed by atoms with Gasteiger partial charge in [-0.15, -0.1) is 0 Å². The lowest BCUT2D eigenvalue weighted by molar-refractivity contribution is -0.118. The Bertz CT molecular complexity index is 398. The molecule has 2 heterocycles. The molecule has 78 valence electrons. The Morgan fingerprint density at radius 3 is 3.07 bits per heavy atom. The Balaban J connectivity index is 2.35. The van der Waals surface area contributed by atoms with Gasteiger partial charge in [-0.2, -0.15) is 0 Å². The van der Waals surface area contributed by atoms with Crippen molar-refractivity contribution < 1.29 is 9.90 Å². The van der Waals surface area contributed by atoms with E-state index in [2.05, 4.69) is 10.3 Å². The standard InChI is InChI=1S/C11H12N2O2/c14-10(8-3-1-5-12-7-8)9-4-2-6-13-11(9)15/h1,3,5,7,14H,2,4,6H2,(H,13,15)/b10-9+. The molecular formula is C11H12N2O2. The van der Waals surface area contributed by atoms with E-state index < -0.39 is 0 Å². The van der Waals surface area contributed by atoms with Crippen molar-refractivity contribution in [3.8, 4) is 0 Å². The molecule has 1 aromatic heterocycles. The van der Waals surface area contributed by atoms with Crippen molar-refractivity contribution in [1.82, 2.24) is 10.3 Å². The third-order valence-electron chi connectivity index (χ3n) is 2.38. The number of nitrogens with one attached hydrogen (secondary N) is 1. The summed E-state index contributed by atoms with van der Waals surface area (Å²) in [5.41, 5.74) is 1.04. The van der Waals surface area contributed by atoms with Gasteiger partial charge in [-0.25, -0.2) is 0 Å². The molecule has 0 radical (unpaired) electrons. The molecule has 0 spiro atoms. The third-order valence-corrected chi connectivity index (χ3v) is 2.38. The minimum absolute atomic E-state index is 0.0419. The molecule has 4 heteroatoms.